The average Bonchev–Trinajstić information content (AvgIpc) is 0.911. The van der Waals surface area contributed by atoms with E-state index in [1.807, 2.05) is 237 Å². The number of aliphatic hydroxyl groups is 4. The van der Waals surface area contributed by atoms with Gasteiger partial charge in [0, 0.05) is 44.6 Å². The molecule has 0 saturated carbocycles. The molecular weight excluding hydrogens is 1510 g/mol. The number of nitrogens with two attached hydrogens (primary N) is 2. The van der Waals surface area contributed by atoms with E-state index in [4.69, 9.17) is 46.2 Å². The predicted molar refractivity (Wildman–Crippen MR) is 452 cm³/mol. The molecule has 1 saturated heterocycles. The van der Waals surface area contributed by atoms with Crippen LogP contribution in [-0.4, -0.2) is 115 Å². The van der Waals surface area contributed by atoms with Crippen LogP contribution >= 0.6 is 7.14 Å². The highest BCUT2D eigenvalue weighted by Gasteiger charge is 2.25. The lowest BCUT2D eigenvalue weighted by molar-refractivity contribution is -0.137. The fraction of sp³-hybridized carbons (Fsp3) is 0.297. The molecule has 11 rings (SSSR count). The standard InChI is InChI=1S/C20H21NO4.C18H19NO3.C17H19NO3.C11H15N3.C11H13NO.C9H13NO.C5H11O5P/c1-24-19(22)14-8-13-18(17-11-6-3-7-12-17)21-20(23)25-15-16-9-4-2-5-10-16;20-13-7-12-17(16-10-5-2-6-11-16)19-18(21)22-14-15-8-3-1-4-9-15;19-12-11-16(15-9-5-2-6-10-15)18-17(20)21-13-14-7-3-1-4-8-14;12-14-11-8-4-7-10(13-11)9-5-2-1-3-6-9;13-11-8-4-7-10(12-11)9-5-2-1-3-6-9;10-9(6-7-11)8-4-2-1-3-5-8;1-10-5(8)2-11(9,3-6)4-7/h2-12,14,18H,13,15H2,1H3,(H,21,23);1-6,8-11,13,17H,7,12,14H2,(H,19,21);1-10,16,19H,11-13H2,(H,18,20);1-3,5-6,10H,4,7-8,12H2,(H,13,14);1-3,5-6,10H,4,7-8H2,(H,12,13);1-5,9,11H,6-7,10H2;6-7H,2-4H2,1H3/b14-8+;;;;;;. The number of esters is 2. The molecule has 2 aliphatic rings. The van der Waals surface area contributed by atoms with Crippen LogP contribution in [0.4, 0.5) is 14.4 Å². The van der Waals surface area contributed by atoms with Gasteiger partial charge in [0.05, 0.1) is 57.1 Å². The normalized spacial score (nSPS) is 14.1. The van der Waals surface area contributed by atoms with Crippen molar-refractivity contribution < 1.29 is 82.2 Å². The number of rotatable bonds is 29. The zero-order valence-corrected chi connectivity index (χ0v) is 67.2. The van der Waals surface area contributed by atoms with Crippen molar-refractivity contribution in [3.63, 3.8) is 0 Å². The van der Waals surface area contributed by atoms with E-state index < -0.39 is 56.2 Å². The lowest BCUT2D eigenvalue weighted by atomic mass is 9.97. The van der Waals surface area contributed by atoms with Gasteiger partial charge in [-0.1, -0.05) is 279 Å². The summed E-state index contributed by atoms with van der Waals surface area (Å²) in [6.07, 6.45) is 9.10. The van der Waals surface area contributed by atoms with Crippen molar-refractivity contribution in [2.75, 3.05) is 46.3 Å². The highest BCUT2D eigenvalue weighted by atomic mass is 31.2. The Bertz CT molecular complexity index is 4320. The van der Waals surface area contributed by atoms with Gasteiger partial charge in [-0.3, -0.25) is 14.6 Å². The molecule has 2 aliphatic heterocycles. The second-order valence-electron chi connectivity index (χ2n) is 26.5. The summed E-state index contributed by atoms with van der Waals surface area (Å²) in [5, 5.41) is 46.2. The van der Waals surface area contributed by atoms with Gasteiger partial charge in [-0.2, -0.15) is 0 Å². The average molecular weight is 1620 g/mol. The number of alkyl carbamates (subject to hydrolysis) is 3. The van der Waals surface area contributed by atoms with E-state index in [0.29, 0.717) is 38.5 Å². The smallest absolute Gasteiger partial charge is 0.407 e. The summed E-state index contributed by atoms with van der Waals surface area (Å²) in [7, 11) is -0.643. The number of ether oxygens (including phenoxy) is 5. The van der Waals surface area contributed by atoms with Crippen LogP contribution in [0.3, 0.4) is 0 Å². The number of nitrogens with one attached hydrogen (secondary N) is 5. The summed E-state index contributed by atoms with van der Waals surface area (Å²) in [6, 6.07) is 87.1. The van der Waals surface area contributed by atoms with E-state index >= 15 is 0 Å². The zero-order chi connectivity index (χ0) is 84.4. The lowest BCUT2D eigenvalue weighted by Crippen LogP contribution is -2.32. The van der Waals surface area contributed by atoms with Crippen molar-refractivity contribution in [2.24, 2.45) is 16.6 Å². The second-order valence-corrected chi connectivity index (χ2v) is 29.5. The van der Waals surface area contributed by atoms with Crippen LogP contribution in [0.1, 0.15) is 157 Å². The predicted octanol–water partition coefficient (Wildman–Crippen LogP) is 14.7. The Morgan fingerprint density at radius 3 is 1.28 bits per heavy atom. The maximum Gasteiger partial charge on any atom is 0.407 e. The van der Waals surface area contributed by atoms with Gasteiger partial charge in [-0.15, -0.1) is 0 Å². The van der Waals surface area contributed by atoms with E-state index in [9.17, 15) is 38.1 Å². The third kappa shape index (κ3) is 40.3. The maximum atomic E-state index is 12.1. The van der Waals surface area contributed by atoms with Gasteiger partial charge >= 0.3 is 30.2 Å². The molecule has 26 heteroatoms. The molecule has 4 amide bonds. The number of hydrogen-bond acceptors (Lipinski definition) is 21. The van der Waals surface area contributed by atoms with E-state index in [1.54, 1.807) is 6.08 Å². The fourth-order valence-corrected chi connectivity index (χ4v) is 12.3. The number of aliphatic imine (C=N–C) groups is 1. The molecule has 6 atom stereocenters. The molecule has 2 heterocycles. The van der Waals surface area contributed by atoms with Crippen LogP contribution in [0.15, 0.2) is 290 Å². The first-order valence-corrected chi connectivity index (χ1v) is 40.8. The van der Waals surface area contributed by atoms with Gasteiger partial charge in [0.15, 0.2) is 0 Å². The van der Waals surface area contributed by atoms with Gasteiger partial charge < -0.3 is 85.9 Å². The van der Waals surface area contributed by atoms with Crippen LogP contribution in [0.2, 0.25) is 0 Å². The van der Waals surface area contributed by atoms with Gasteiger partial charge in [-0.25, -0.2) is 25.0 Å². The quantitative estimate of drug-likeness (QED) is 0.00394. The molecule has 622 valence electrons. The molecule has 13 N–H and O–H groups in total. The Morgan fingerprint density at radius 1 is 0.504 bits per heavy atom. The number of amidine groups is 1. The number of methoxy groups -OCH3 is 2. The minimum atomic E-state index is -3.12. The largest absolute Gasteiger partial charge is 0.469 e. The number of amides is 4. The first kappa shape index (κ1) is 95.7. The molecule has 117 heavy (non-hydrogen) atoms. The molecular formula is C91H111N8O17P. The number of carbonyl (C=O) groups is 7. The number of nitrogens with zero attached hydrogens (tertiary/aromatic N) is 1. The summed E-state index contributed by atoms with van der Waals surface area (Å²) in [4.78, 5) is 83.9. The summed E-state index contributed by atoms with van der Waals surface area (Å²) < 4.78 is 35.6. The number of hydrazine groups is 1. The van der Waals surface area contributed by atoms with Crippen molar-refractivity contribution in [3.8, 4) is 0 Å². The number of carbonyl (C=O) groups excluding carboxylic acids is 7. The minimum absolute atomic E-state index is 0.00146. The van der Waals surface area contributed by atoms with Crippen molar-refractivity contribution >= 4 is 55.4 Å². The molecule has 0 radical (unpaired) electrons. The number of piperidine rings is 1. The van der Waals surface area contributed by atoms with Crippen LogP contribution in [0, 0.1) is 0 Å². The third-order valence-electron chi connectivity index (χ3n) is 17.8. The number of aldehydes is 1. The first-order valence-electron chi connectivity index (χ1n) is 38.5. The Hall–Kier alpha value is -11.9. The van der Waals surface area contributed by atoms with Gasteiger partial charge in [0.1, 0.15) is 45.2 Å². The number of benzene rings is 9. The molecule has 9 aromatic carbocycles. The van der Waals surface area contributed by atoms with Crippen molar-refractivity contribution in [3.05, 3.63) is 335 Å². The monoisotopic (exact) mass is 1620 g/mol. The van der Waals surface area contributed by atoms with E-state index in [1.165, 1.54) is 24.3 Å². The molecule has 6 unspecified atom stereocenters. The van der Waals surface area contributed by atoms with E-state index in [2.05, 4.69) is 77.6 Å². The summed E-state index contributed by atoms with van der Waals surface area (Å²) in [6.45, 7) is 0.802. The van der Waals surface area contributed by atoms with Crippen LogP contribution in [-0.2, 0) is 67.2 Å². The highest BCUT2D eigenvalue weighted by Crippen LogP contribution is 2.42. The van der Waals surface area contributed by atoms with Crippen LogP contribution in [0.25, 0.3) is 0 Å². The summed E-state index contributed by atoms with van der Waals surface area (Å²) in [5.74, 6) is 5.35. The van der Waals surface area contributed by atoms with Gasteiger partial charge in [-0.05, 0) is 101 Å². The minimum Gasteiger partial charge on any atom is -0.469 e. The van der Waals surface area contributed by atoms with Gasteiger partial charge in [0.2, 0.25) is 5.91 Å². The highest BCUT2D eigenvalue weighted by molar-refractivity contribution is 7.64. The third-order valence-corrected chi connectivity index (χ3v) is 19.6. The maximum absolute atomic E-state index is 12.1. The number of hydrogen-bond donors (Lipinski definition) is 11. The SMILES string of the molecule is COC(=O)/C=C/CC(NC(=O)OCc1ccccc1)c1ccccc1.COC(=O)CP(=O)(CO)CO.NC(CCO)c1ccccc1.NNC1=NC(c2ccccc2)CCC1.O=C(NC(CCO)c1ccccc1)OCc1ccccc1.O=C1CCCC(c2ccccc2)N1.O=CCCC(NC(=O)OCc1ccccc1)c1ccccc1. The Kier molecular flexibility index (Phi) is 47.4. The molecule has 1 fully saturated rings. The van der Waals surface area contributed by atoms with Crippen LogP contribution < -0.4 is 38.3 Å². The summed E-state index contributed by atoms with van der Waals surface area (Å²) >= 11 is 0. The second kappa shape index (κ2) is 58.0. The molecule has 0 aliphatic carbocycles. The topological polar surface area (TPSA) is 388 Å². The fourth-order valence-electron chi connectivity index (χ4n) is 11.4. The van der Waals surface area contributed by atoms with Crippen LogP contribution in [0.5, 0.6) is 0 Å². The summed E-state index contributed by atoms with van der Waals surface area (Å²) in [5.41, 5.74) is 17.6. The van der Waals surface area contributed by atoms with Crippen molar-refractivity contribution in [1.82, 2.24) is 26.7 Å². The van der Waals surface area contributed by atoms with E-state index in [0.717, 1.165) is 90.3 Å². The molecule has 25 nitrogen and oxygen atoms in total. The van der Waals surface area contributed by atoms with Crippen molar-refractivity contribution in [1.29, 1.82) is 0 Å². The van der Waals surface area contributed by atoms with E-state index in [-0.39, 0.29) is 75.2 Å². The number of aliphatic hydroxyl groups excluding tert-OH is 4. The van der Waals surface area contributed by atoms with Crippen molar-refractivity contribution in [2.45, 2.75) is 127 Å². The molecule has 0 spiro atoms. The first-order chi connectivity index (χ1) is 56.9. The lowest BCUT2D eigenvalue weighted by Gasteiger charge is -2.23. The zero-order valence-electron chi connectivity index (χ0n) is 66.3. The Labute approximate surface area is 685 Å². The Balaban J connectivity index is 0.000000249. The molecule has 9 aromatic rings. The molecule has 0 bridgehead atoms. The Morgan fingerprint density at radius 2 is 0.889 bits per heavy atom. The molecule has 0 aromatic heterocycles. The van der Waals surface area contributed by atoms with Gasteiger partial charge in [0.25, 0.3) is 0 Å².